The fourth-order valence-electron chi connectivity index (χ4n) is 1.58. The lowest BCUT2D eigenvalue weighted by atomic mass is 10.2. The van der Waals surface area contributed by atoms with Crippen LogP contribution < -0.4 is 5.32 Å². The van der Waals surface area contributed by atoms with Crippen LogP contribution in [0.2, 0.25) is 0 Å². The molecule has 1 aliphatic heterocycles. The first kappa shape index (κ1) is 9.11. The molecule has 2 rings (SSSR count). The van der Waals surface area contributed by atoms with E-state index in [0.717, 1.165) is 30.9 Å². The SMILES string of the molecule is C#Cc1cccc(NC2CCOC2)c1. The summed E-state index contributed by atoms with van der Waals surface area (Å²) in [6.07, 6.45) is 6.39. The van der Waals surface area contributed by atoms with E-state index in [1.165, 1.54) is 0 Å². The van der Waals surface area contributed by atoms with Gasteiger partial charge in [-0.1, -0.05) is 12.0 Å². The Morgan fingerprint density at radius 2 is 2.43 bits per heavy atom. The number of nitrogens with one attached hydrogen (secondary N) is 1. The first-order chi connectivity index (χ1) is 6.88. The van der Waals surface area contributed by atoms with Gasteiger partial charge >= 0.3 is 0 Å². The molecule has 72 valence electrons. The molecule has 1 atom stereocenters. The van der Waals surface area contributed by atoms with Crippen LogP contribution >= 0.6 is 0 Å². The van der Waals surface area contributed by atoms with Gasteiger partial charge in [0.25, 0.3) is 0 Å². The molecule has 0 spiro atoms. The average molecular weight is 187 g/mol. The van der Waals surface area contributed by atoms with Gasteiger partial charge < -0.3 is 10.1 Å². The lowest BCUT2D eigenvalue weighted by molar-refractivity contribution is 0.195. The van der Waals surface area contributed by atoms with Crippen molar-refractivity contribution in [2.45, 2.75) is 12.5 Å². The third kappa shape index (κ3) is 2.07. The number of hydrogen-bond donors (Lipinski definition) is 1. The number of anilines is 1. The van der Waals surface area contributed by atoms with Crippen LogP contribution in [0.1, 0.15) is 12.0 Å². The molecule has 2 nitrogen and oxygen atoms in total. The Morgan fingerprint density at radius 3 is 3.14 bits per heavy atom. The zero-order valence-electron chi connectivity index (χ0n) is 7.99. The molecular formula is C12H13NO. The largest absolute Gasteiger partial charge is 0.380 e. The van der Waals surface area contributed by atoms with E-state index in [-0.39, 0.29) is 0 Å². The number of rotatable bonds is 2. The van der Waals surface area contributed by atoms with Crippen LogP contribution in [0, 0.1) is 12.3 Å². The molecule has 14 heavy (non-hydrogen) atoms. The third-order valence-corrected chi connectivity index (χ3v) is 2.33. The monoisotopic (exact) mass is 187 g/mol. The van der Waals surface area contributed by atoms with E-state index in [1.807, 2.05) is 24.3 Å². The van der Waals surface area contributed by atoms with E-state index in [1.54, 1.807) is 0 Å². The summed E-state index contributed by atoms with van der Waals surface area (Å²) >= 11 is 0. The molecule has 0 aliphatic carbocycles. The molecule has 1 aromatic rings. The molecular weight excluding hydrogens is 174 g/mol. The highest BCUT2D eigenvalue weighted by Crippen LogP contribution is 2.14. The number of ether oxygens (including phenoxy) is 1. The maximum Gasteiger partial charge on any atom is 0.0668 e. The fraction of sp³-hybridized carbons (Fsp3) is 0.333. The molecule has 0 bridgehead atoms. The molecule has 1 N–H and O–H groups in total. The van der Waals surface area contributed by atoms with Gasteiger partial charge in [-0.15, -0.1) is 6.42 Å². The van der Waals surface area contributed by atoms with Crippen molar-refractivity contribution in [1.82, 2.24) is 0 Å². The maximum absolute atomic E-state index is 5.32. The smallest absolute Gasteiger partial charge is 0.0668 e. The second-order valence-corrected chi connectivity index (χ2v) is 3.43. The molecule has 1 aliphatic rings. The topological polar surface area (TPSA) is 21.3 Å². The quantitative estimate of drug-likeness (QED) is 0.714. The van der Waals surface area contributed by atoms with Gasteiger partial charge in [-0.3, -0.25) is 0 Å². The highest BCUT2D eigenvalue weighted by atomic mass is 16.5. The predicted octanol–water partition coefficient (Wildman–Crippen LogP) is 1.87. The van der Waals surface area contributed by atoms with Crippen LogP contribution in [0.15, 0.2) is 24.3 Å². The van der Waals surface area contributed by atoms with Crippen molar-refractivity contribution in [3.8, 4) is 12.3 Å². The van der Waals surface area contributed by atoms with E-state index < -0.39 is 0 Å². The zero-order valence-corrected chi connectivity index (χ0v) is 7.99. The third-order valence-electron chi connectivity index (χ3n) is 2.33. The van der Waals surface area contributed by atoms with E-state index in [9.17, 15) is 0 Å². The summed E-state index contributed by atoms with van der Waals surface area (Å²) in [5, 5.41) is 3.40. The second kappa shape index (κ2) is 4.17. The standard InChI is InChI=1S/C12H13NO/c1-2-10-4-3-5-11(8-10)13-12-6-7-14-9-12/h1,3-5,8,12-13H,6-7,9H2. The van der Waals surface area contributed by atoms with E-state index >= 15 is 0 Å². The molecule has 0 aromatic heterocycles. The van der Waals surface area contributed by atoms with E-state index in [2.05, 4.69) is 11.2 Å². The van der Waals surface area contributed by atoms with Crippen molar-refractivity contribution < 1.29 is 4.74 Å². The molecule has 1 saturated heterocycles. The van der Waals surface area contributed by atoms with Gasteiger partial charge in [0.1, 0.15) is 0 Å². The molecule has 0 amide bonds. The Hall–Kier alpha value is -1.46. The molecule has 1 unspecified atom stereocenters. The fourth-order valence-corrected chi connectivity index (χ4v) is 1.58. The van der Waals surface area contributed by atoms with E-state index in [0.29, 0.717) is 6.04 Å². The summed E-state index contributed by atoms with van der Waals surface area (Å²) in [6.45, 7) is 1.65. The molecule has 1 aromatic carbocycles. The lowest BCUT2D eigenvalue weighted by Crippen LogP contribution is -2.18. The van der Waals surface area contributed by atoms with Gasteiger partial charge in [0, 0.05) is 17.9 Å². The second-order valence-electron chi connectivity index (χ2n) is 3.43. The Morgan fingerprint density at radius 1 is 1.50 bits per heavy atom. The Balaban J connectivity index is 2.05. The van der Waals surface area contributed by atoms with Crippen LogP contribution in [-0.4, -0.2) is 19.3 Å². The Kier molecular flexibility index (Phi) is 2.71. The molecule has 2 heteroatoms. The normalized spacial score (nSPS) is 20.4. The van der Waals surface area contributed by atoms with Crippen molar-refractivity contribution in [1.29, 1.82) is 0 Å². The summed E-state index contributed by atoms with van der Waals surface area (Å²) in [5.74, 6) is 2.62. The zero-order chi connectivity index (χ0) is 9.80. The first-order valence-electron chi connectivity index (χ1n) is 4.79. The predicted molar refractivity (Wildman–Crippen MR) is 57.2 cm³/mol. The minimum absolute atomic E-state index is 0.433. The van der Waals surface area contributed by atoms with Crippen molar-refractivity contribution in [3.05, 3.63) is 29.8 Å². The highest BCUT2D eigenvalue weighted by Gasteiger charge is 2.14. The van der Waals surface area contributed by atoms with E-state index in [4.69, 9.17) is 11.2 Å². The molecule has 0 saturated carbocycles. The van der Waals surface area contributed by atoms with Gasteiger partial charge in [0.2, 0.25) is 0 Å². The van der Waals surface area contributed by atoms with Crippen molar-refractivity contribution in [2.75, 3.05) is 18.5 Å². The Labute approximate surface area is 84.3 Å². The first-order valence-corrected chi connectivity index (χ1v) is 4.79. The lowest BCUT2D eigenvalue weighted by Gasteiger charge is -2.11. The van der Waals surface area contributed by atoms with Crippen molar-refractivity contribution >= 4 is 5.69 Å². The van der Waals surface area contributed by atoms with Crippen LogP contribution in [0.4, 0.5) is 5.69 Å². The van der Waals surface area contributed by atoms with Crippen molar-refractivity contribution in [2.24, 2.45) is 0 Å². The van der Waals surface area contributed by atoms with Crippen molar-refractivity contribution in [3.63, 3.8) is 0 Å². The van der Waals surface area contributed by atoms with Gasteiger partial charge in [-0.05, 0) is 24.6 Å². The Bertz CT molecular complexity index is 348. The minimum atomic E-state index is 0.433. The van der Waals surface area contributed by atoms with Crippen LogP contribution in [0.25, 0.3) is 0 Å². The average Bonchev–Trinajstić information content (AvgIpc) is 2.71. The molecule has 1 heterocycles. The van der Waals surface area contributed by atoms with Gasteiger partial charge in [0.15, 0.2) is 0 Å². The van der Waals surface area contributed by atoms with Gasteiger partial charge in [0.05, 0.1) is 12.6 Å². The maximum atomic E-state index is 5.32. The molecule has 0 radical (unpaired) electrons. The van der Waals surface area contributed by atoms with Crippen LogP contribution in [-0.2, 0) is 4.74 Å². The summed E-state index contributed by atoms with van der Waals surface area (Å²) in [5.41, 5.74) is 1.99. The molecule has 1 fully saturated rings. The summed E-state index contributed by atoms with van der Waals surface area (Å²) < 4.78 is 5.28. The van der Waals surface area contributed by atoms with Gasteiger partial charge in [-0.25, -0.2) is 0 Å². The van der Waals surface area contributed by atoms with Crippen LogP contribution in [0.3, 0.4) is 0 Å². The summed E-state index contributed by atoms with van der Waals surface area (Å²) in [7, 11) is 0. The van der Waals surface area contributed by atoms with Crippen LogP contribution in [0.5, 0.6) is 0 Å². The summed E-state index contributed by atoms with van der Waals surface area (Å²) in [6, 6.07) is 8.34. The number of hydrogen-bond acceptors (Lipinski definition) is 2. The van der Waals surface area contributed by atoms with Gasteiger partial charge in [-0.2, -0.15) is 0 Å². The number of terminal acetylenes is 1. The highest BCUT2D eigenvalue weighted by molar-refractivity contribution is 5.50. The summed E-state index contributed by atoms with van der Waals surface area (Å²) in [4.78, 5) is 0. The number of benzene rings is 1. The minimum Gasteiger partial charge on any atom is -0.380 e.